The van der Waals surface area contributed by atoms with Crippen LogP contribution in [0, 0.1) is 0 Å². The van der Waals surface area contributed by atoms with Crippen molar-refractivity contribution in [1.29, 1.82) is 0 Å². The second kappa shape index (κ2) is 4.29. The average Bonchev–Trinajstić information content (AvgIpc) is 2.06. The lowest BCUT2D eigenvalue weighted by Crippen LogP contribution is -2.06. The van der Waals surface area contributed by atoms with Crippen molar-refractivity contribution in [2.45, 2.75) is 10.4 Å². The summed E-state index contributed by atoms with van der Waals surface area (Å²) in [5.41, 5.74) is -1.59. The molecule has 0 bridgehead atoms. The van der Waals surface area contributed by atoms with Crippen LogP contribution in [0.15, 0.2) is 23.1 Å². The first-order valence-electron chi connectivity index (χ1n) is 3.44. The number of rotatable bonds is 2. The number of hydrogen-bond acceptors (Lipinski definition) is 3. The highest BCUT2D eigenvalue weighted by Gasteiger charge is 2.30. The molecule has 78 valence electrons. The van der Waals surface area contributed by atoms with Crippen LogP contribution in [0.4, 0.5) is 18.9 Å². The van der Waals surface area contributed by atoms with Crippen molar-refractivity contribution >= 4 is 29.1 Å². The maximum Gasteiger partial charge on any atom is 0.446 e. The van der Waals surface area contributed by atoms with E-state index < -0.39 is 5.51 Å². The highest BCUT2D eigenvalue weighted by Crippen LogP contribution is 2.40. The molecule has 0 aliphatic rings. The van der Waals surface area contributed by atoms with Crippen molar-refractivity contribution in [2.75, 3.05) is 5.43 Å². The lowest BCUT2D eigenvalue weighted by molar-refractivity contribution is -0.0328. The van der Waals surface area contributed by atoms with E-state index >= 15 is 0 Å². The normalized spacial score (nSPS) is 11.5. The molecule has 7 heteroatoms. The molecule has 0 spiro atoms. The molecular weight excluding hydrogens is 237 g/mol. The van der Waals surface area contributed by atoms with E-state index in [1.54, 1.807) is 0 Å². The van der Waals surface area contributed by atoms with Gasteiger partial charge in [0.15, 0.2) is 0 Å². The molecule has 3 N–H and O–H groups in total. The van der Waals surface area contributed by atoms with Gasteiger partial charge in [-0.25, -0.2) is 0 Å². The minimum Gasteiger partial charge on any atom is -0.324 e. The van der Waals surface area contributed by atoms with Crippen LogP contribution in [0.2, 0.25) is 5.02 Å². The number of benzene rings is 1. The van der Waals surface area contributed by atoms with E-state index in [1.165, 1.54) is 18.2 Å². The van der Waals surface area contributed by atoms with Gasteiger partial charge in [0.05, 0.1) is 10.7 Å². The van der Waals surface area contributed by atoms with Crippen LogP contribution in [0.5, 0.6) is 0 Å². The second-order valence-corrected chi connectivity index (χ2v) is 3.85. The van der Waals surface area contributed by atoms with Gasteiger partial charge in [-0.3, -0.25) is 5.84 Å². The highest BCUT2D eigenvalue weighted by molar-refractivity contribution is 8.00. The van der Waals surface area contributed by atoms with Crippen LogP contribution >= 0.6 is 23.4 Å². The van der Waals surface area contributed by atoms with Gasteiger partial charge in [-0.05, 0) is 30.0 Å². The minimum absolute atomic E-state index is 0.0165. The van der Waals surface area contributed by atoms with E-state index in [1.807, 2.05) is 0 Å². The zero-order chi connectivity index (χ0) is 10.8. The predicted octanol–water partition coefficient (Wildman–Crippen LogP) is 3.24. The fourth-order valence-electron chi connectivity index (χ4n) is 0.798. The zero-order valence-corrected chi connectivity index (χ0v) is 8.30. The summed E-state index contributed by atoms with van der Waals surface area (Å²) in [6, 6.07) is 4.01. The van der Waals surface area contributed by atoms with Crippen molar-refractivity contribution in [2.24, 2.45) is 5.84 Å². The number of halogens is 4. The molecule has 0 aliphatic carbocycles. The first kappa shape index (κ1) is 11.5. The van der Waals surface area contributed by atoms with E-state index in [0.29, 0.717) is 5.69 Å². The minimum atomic E-state index is -4.33. The smallest absolute Gasteiger partial charge is 0.324 e. The molecule has 0 atom stereocenters. The largest absolute Gasteiger partial charge is 0.446 e. The maximum atomic E-state index is 12.0. The van der Waals surface area contributed by atoms with Crippen molar-refractivity contribution in [1.82, 2.24) is 0 Å². The van der Waals surface area contributed by atoms with Crippen LogP contribution in [0.3, 0.4) is 0 Å². The third-order valence-electron chi connectivity index (χ3n) is 1.32. The van der Waals surface area contributed by atoms with Crippen LogP contribution in [-0.2, 0) is 0 Å². The molecule has 0 amide bonds. The second-order valence-electron chi connectivity index (χ2n) is 2.34. The van der Waals surface area contributed by atoms with E-state index in [-0.39, 0.29) is 21.7 Å². The van der Waals surface area contributed by atoms with Gasteiger partial charge in [-0.15, -0.1) is 0 Å². The molecule has 0 unspecified atom stereocenters. The van der Waals surface area contributed by atoms with Gasteiger partial charge in [-0.2, -0.15) is 13.2 Å². The van der Waals surface area contributed by atoms with Gasteiger partial charge in [0.2, 0.25) is 0 Å². The molecule has 0 heterocycles. The van der Waals surface area contributed by atoms with Crippen molar-refractivity contribution in [3.8, 4) is 0 Å². The Labute approximate surface area is 87.6 Å². The Hall–Kier alpha value is -0.590. The standard InChI is InChI=1S/C7H6ClF3N2S/c8-5-3-4(13-12)1-2-6(5)14-7(9,10)11/h1-3,13H,12H2. The summed E-state index contributed by atoms with van der Waals surface area (Å²) in [6.07, 6.45) is 0. The van der Waals surface area contributed by atoms with Crippen LogP contribution in [0.1, 0.15) is 0 Å². The quantitative estimate of drug-likeness (QED) is 0.475. The Kier molecular flexibility index (Phi) is 3.52. The van der Waals surface area contributed by atoms with Gasteiger partial charge in [-0.1, -0.05) is 11.6 Å². The van der Waals surface area contributed by atoms with Crippen LogP contribution in [0.25, 0.3) is 0 Å². The summed E-state index contributed by atoms with van der Waals surface area (Å²) in [5, 5.41) is 0.0165. The third-order valence-corrected chi connectivity index (χ3v) is 2.56. The summed E-state index contributed by atoms with van der Waals surface area (Å²) in [6.45, 7) is 0. The number of hydrazine groups is 1. The fraction of sp³-hybridized carbons (Fsp3) is 0.143. The van der Waals surface area contributed by atoms with Gasteiger partial charge in [0, 0.05) is 4.90 Å². The molecule has 14 heavy (non-hydrogen) atoms. The number of thioether (sulfide) groups is 1. The molecule has 1 rings (SSSR count). The lowest BCUT2D eigenvalue weighted by atomic mass is 10.3. The van der Waals surface area contributed by atoms with Gasteiger partial charge in [0.1, 0.15) is 0 Å². The number of nitrogens with one attached hydrogen (secondary N) is 1. The molecule has 1 aromatic carbocycles. The van der Waals surface area contributed by atoms with Crippen LogP contribution in [-0.4, -0.2) is 5.51 Å². The average molecular weight is 243 g/mol. The van der Waals surface area contributed by atoms with E-state index in [0.717, 1.165) is 0 Å². The Morgan fingerprint density at radius 2 is 2.00 bits per heavy atom. The Morgan fingerprint density at radius 1 is 1.36 bits per heavy atom. The van der Waals surface area contributed by atoms with E-state index in [9.17, 15) is 13.2 Å². The Balaban J connectivity index is 2.89. The third kappa shape index (κ3) is 3.28. The monoisotopic (exact) mass is 242 g/mol. The topological polar surface area (TPSA) is 38.0 Å². The van der Waals surface area contributed by atoms with Gasteiger partial charge >= 0.3 is 5.51 Å². The van der Waals surface area contributed by atoms with Crippen molar-refractivity contribution in [3.05, 3.63) is 23.2 Å². The van der Waals surface area contributed by atoms with E-state index in [2.05, 4.69) is 5.43 Å². The number of anilines is 1. The zero-order valence-electron chi connectivity index (χ0n) is 6.73. The first-order chi connectivity index (χ1) is 6.42. The Morgan fingerprint density at radius 3 is 2.43 bits per heavy atom. The molecule has 0 aromatic heterocycles. The number of nitrogens with two attached hydrogens (primary N) is 1. The van der Waals surface area contributed by atoms with Gasteiger partial charge in [0.25, 0.3) is 0 Å². The van der Waals surface area contributed by atoms with Crippen molar-refractivity contribution < 1.29 is 13.2 Å². The fourth-order valence-corrected chi connectivity index (χ4v) is 1.64. The van der Waals surface area contributed by atoms with E-state index in [4.69, 9.17) is 17.4 Å². The summed E-state index contributed by atoms with van der Waals surface area (Å²) >= 11 is 5.34. The lowest BCUT2D eigenvalue weighted by Gasteiger charge is -2.08. The van der Waals surface area contributed by atoms with Crippen molar-refractivity contribution in [3.63, 3.8) is 0 Å². The van der Waals surface area contributed by atoms with Crippen LogP contribution < -0.4 is 11.3 Å². The summed E-state index contributed by atoms with van der Waals surface area (Å²) < 4.78 is 35.9. The number of hydrogen-bond donors (Lipinski definition) is 2. The highest BCUT2D eigenvalue weighted by atomic mass is 35.5. The number of nitrogen functional groups attached to an aromatic ring is 1. The molecule has 0 saturated heterocycles. The molecule has 0 fully saturated rings. The summed E-state index contributed by atoms with van der Waals surface area (Å²) in [4.78, 5) is -0.0434. The molecule has 0 radical (unpaired) electrons. The first-order valence-corrected chi connectivity index (χ1v) is 4.64. The SMILES string of the molecule is NNc1ccc(SC(F)(F)F)c(Cl)c1. The maximum absolute atomic E-state index is 12.0. The van der Waals surface area contributed by atoms with Gasteiger partial charge < -0.3 is 5.43 Å². The summed E-state index contributed by atoms with van der Waals surface area (Å²) in [5.74, 6) is 5.06. The molecule has 0 saturated carbocycles. The molecule has 0 aliphatic heterocycles. The molecule has 1 aromatic rings. The predicted molar refractivity (Wildman–Crippen MR) is 51.2 cm³/mol. The molecular formula is C7H6ClF3N2S. The summed E-state index contributed by atoms with van der Waals surface area (Å²) in [7, 11) is 0. The molecule has 2 nitrogen and oxygen atoms in total. The Bertz CT molecular complexity index is 329. The number of alkyl halides is 3.